The van der Waals surface area contributed by atoms with E-state index in [9.17, 15) is 4.79 Å². The third-order valence-electron chi connectivity index (χ3n) is 3.14. The van der Waals surface area contributed by atoms with Crippen molar-refractivity contribution in [3.05, 3.63) is 30.0 Å². The van der Waals surface area contributed by atoms with Gasteiger partial charge in [-0.05, 0) is 12.5 Å². The molecule has 0 saturated carbocycles. The predicted molar refractivity (Wildman–Crippen MR) is 72.5 cm³/mol. The monoisotopic (exact) mass is 256 g/mol. The van der Waals surface area contributed by atoms with Gasteiger partial charge in [0.05, 0.1) is 18.0 Å². The van der Waals surface area contributed by atoms with E-state index in [-0.39, 0.29) is 11.9 Å². The Morgan fingerprint density at radius 1 is 1.53 bits per heavy atom. The first-order valence-corrected chi connectivity index (χ1v) is 6.27. The molecule has 1 N–H and O–H groups in total. The fraction of sp³-hybridized carbons (Fsp3) is 0.357. The van der Waals surface area contributed by atoms with Crippen LogP contribution in [0.25, 0.3) is 10.9 Å². The molecule has 0 bridgehead atoms. The molecule has 1 aromatic carbocycles. The number of nitrogens with zero attached hydrogens (tertiary/aromatic N) is 3. The van der Waals surface area contributed by atoms with E-state index in [1.807, 2.05) is 38.2 Å². The van der Waals surface area contributed by atoms with Crippen molar-refractivity contribution in [2.24, 2.45) is 7.05 Å². The molecule has 0 saturated heterocycles. The van der Waals surface area contributed by atoms with Gasteiger partial charge in [-0.1, -0.05) is 25.1 Å². The molecule has 19 heavy (non-hydrogen) atoms. The van der Waals surface area contributed by atoms with Crippen LogP contribution in [0.15, 0.2) is 24.3 Å². The highest BCUT2D eigenvalue weighted by Gasteiger charge is 2.18. The number of carbonyl (C=O) groups is 1. The number of hydrogen-bond donors (Lipinski definition) is 1. The summed E-state index contributed by atoms with van der Waals surface area (Å²) in [7, 11) is 1.81. The Labute approximate surface area is 111 Å². The van der Waals surface area contributed by atoms with Crippen molar-refractivity contribution in [2.75, 3.05) is 0 Å². The molecule has 0 aliphatic rings. The molecule has 0 aliphatic heterocycles. The number of hydrogen-bond acceptors (Lipinski definition) is 3. The summed E-state index contributed by atoms with van der Waals surface area (Å²) < 4.78 is 1.69. The summed E-state index contributed by atoms with van der Waals surface area (Å²) in [6.45, 7) is 1.94. The number of rotatable bonds is 4. The van der Waals surface area contributed by atoms with Gasteiger partial charge in [-0.3, -0.25) is 9.48 Å². The van der Waals surface area contributed by atoms with Crippen LogP contribution in [0, 0.1) is 11.3 Å². The molecule has 1 amide bonds. The number of benzene rings is 1. The van der Waals surface area contributed by atoms with Crippen molar-refractivity contribution in [1.82, 2.24) is 15.1 Å². The number of amides is 1. The first kappa shape index (κ1) is 13.1. The zero-order valence-corrected chi connectivity index (χ0v) is 11.1. The molecule has 2 aromatic rings. The number of para-hydroxylation sites is 1. The Kier molecular flexibility index (Phi) is 3.81. The summed E-state index contributed by atoms with van der Waals surface area (Å²) >= 11 is 0. The molecule has 1 heterocycles. The Bertz CT molecular complexity index is 638. The second kappa shape index (κ2) is 5.53. The molecule has 0 fully saturated rings. The van der Waals surface area contributed by atoms with Crippen LogP contribution in [0.1, 0.15) is 30.3 Å². The van der Waals surface area contributed by atoms with Gasteiger partial charge in [0.15, 0.2) is 5.69 Å². The van der Waals surface area contributed by atoms with E-state index in [4.69, 9.17) is 5.26 Å². The van der Waals surface area contributed by atoms with Crippen molar-refractivity contribution in [3.63, 3.8) is 0 Å². The van der Waals surface area contributed by atoms with E-state index < -0.39 is 0 Å². The largest absolute Gasteiger partial charge is 0.347 e. The molecule has 0 aliphatic carbocycles. The Balaban J connectivity index is 2.29. The molecule has 1 aromatic heterocycles. The maximum Gasteiger partial charge on any atom is 0.272 e. The summed E-state index contributed by atoms with van der Waals surface area (Å²) in [5, 5.41) is 16.6. The summed E-state index contributed by atoms with van der Waals surface area (Å²) in [5.74, 6) is -0.223. The molecular weight excluding hydrogens is 240 g/mol. The summed E-state index contributed by atoms with van der Waals surface area (Å²) in [6.07, 6.45) is 1.04. The van der Waals surface area contributed by atoms with Crippen molar-refractivity contribution < 1.29 is 4.79 Å². The van der Waals surface area contributed by atoms with Crippen LogP contribution in [-0.2, 0) is 7.05 Å². The topological polar surface area (TPSA) is 70.7 Å². The van der Waals surface area contributed by atoms with E-state index in [2.05, 4.69) is 16.5 Å². The molecule has 1 atom stereocenters. The number of fused-ring (bicyclic) bond motifs is 1. The van der Waals surface area contributed by atoms with E-state index in [1.54, 1.807) is 4.68 Å². The zero-order chi connectivity index (χ0) is 13.8. The van der Waals surface area contributed by atoms with Gasteiger partial charge < -0.3 is 5.32 Å². The number of nitrogens with one attached hydrogen (secondary N) is 1. The van der Waals surface area contributed by atoms with Crippen molar-refractivity contribution in [3.8, 4) is 6.07 Å². The van der Waals surface area contributed by atoms with E-state index in [0.29, 0.717) is 12.1 Å². The highest BCUT2D eigenvalue weighted by Crippen LogP contribution is 2.17. The van der Waals surface area contributed by atoms with Crippen LogP contribution in [0.4, 0.5) is 0 Å². The molecule has 5 nitrogen and oxygen atoms in total. The van der Waals surface area contributed by atoms with Crippen LogP contribution in [-0.4, -0.2) is 21.7 Å². The van der Waals surface area contributed by atoms with Crippen molar-refractivity contribution in [2.45, 2.75) is 25.8 Å². The summed E-state index contributed by atoms with van der Waals surface area (Å²) in [6, 6.07) is 9.55. The first-order chi connectivity index (χ1) is 9.17. The number of carbonyl (C=O) groups excluding carboxylic acids is 1. The average Bonchev–Trinajstić information content (AvgIpc) is 2.76. The van der Waals surface area contributed by atoms with Crippen LogP contribution in [0.2, 0.25) is 0 Å². The number of aryl methyl sites for hydroxylation is 1. The quantitative estimate of drug-likeness (QED) is 0.909. The number of aromatic nitrogens is 2. The van der Waals surface area contributed by atoms with Gasteiger partial charge in [0.25, 0.3) is 5.91 Å². The SMILES string of the molecule is CCC(CC#N)NC(=O)c1nn(C)c2ccccc12. The van der Waals surface area contributed by atoms with Crippen molar-refractivity contribution >= 4 is 16.8 Å². The molecule has 0 radical (unpaired) electrons. The predicted octanol–water partition coefficient (Wildman–Crippen LogP) is 2.00. The Hall–Kier alpha value is -2.35. The zero-order valence-electron chi connectivity index (χ0n) is 11.1. The first-order valence-electron chi connectivity index (χ1n) is 6.27. The fourth-order valence-electron chi connectivity index (χ4n) is 2.04. The highest BCUT2D eigenvalue weighted by atomic mass is 16.2. The third kappa shape index (κ3) is 2.58. The van der Waals surface area contributed by atoms with Gasteiger partial charge in [0, 0.05) is 18.5 Å². The maximum absolute atomic E-state index is 12.2. The van der Waals surface area contributed by atoms with Crippen LogP contribution in [0.3, 0.4) is 0 Å². The lowest BCUT2D eigenvalue weighted by Gasteiger charge is -2.12. The van der Waals surface area contributed by atoms with Gasteiger partial charge in [-0.2, -0.15) is 10.4 Å². The highest BCUT2D eigenvalue weighted by molar-refractivity contribution is 6.04. The smallest absolute Gasteiger partial charge is 0.272 e. The normalized spacial score (nSPS) is 12.1. The van der Waals surface area contributed by atoms with Crippen LogP contribution >= 0.6 is 0 Å². The average molecular weight is 256 g/mol. The molecule has 1 unspecified atom stereocenters. The fourth-order valence-corrected chi connectivity index (χ4v) is 2.04. The van der Waals surface area contributed by atoms with E-state index in [0.717, 1.165) is 17.3 Å². The molecule has 0 spiro atoms. The Morgan fingerprint density at radius 3 is 2.95 bits per heavy atom. The molecule has 2 rings (SSSR count). The lowest BCUT2D eigenvalue weighted by atomic mass is 10.1. The standard InChI is InChI=1S/C14H16N4O/c1-3-10(8-9-15)16-14(19)13-11-6-4-5-7-12(11)18(2)17-13/h4-7,10H,3,8H2,1-2H3,(H,16,19). The summed E-state index contributed by atoms with van der Waals surface area (Å²) in [5.41, 5.74) is 1.33. The Morgan fingerprint density at radius 2 is 2.26 bits per heavy atom. The van der Waals surface area contributed by atoms with Crippen LogP contribution in [0.5, 0.6) is 0 Å². The second-order valence-corrected chi connectivity index (χ2v) is 4.43. The maximum atomic E-state index is 12.2. The summed E-state index contributed by atoms with van der Waals surface area (Å²) in [4.78, 5) is 12.2. The lowest BCUT2D eigenvalue weighted by Crippen LogP contribution is -2.34. The molecule has 5 heteroatoms. The third-order valence-corrected chi connectivity index (χ3v) is 3.14. The minimum absolute atomic E-state index is 0.127. The van der Waals surface area contributed by atoms with E-state index in [1.165, 1.54) is 0 Å². The minimum atomic E-state index is -0.223. The molecule has 98 valence electrons. The number of nitriles is 1. The van der Waals surface area contributed by atoms with Gasteiger partial charge >= 0.3 is 0 Å². The van der Waals surface area contributed by atoms with Gasteiger partial charge in [0.2, 0.25) is 0 Å². The minimum Gasteiger partial charge on any atom is -0.347 e. The lowest BCUT2D eigenvalue weighted by molar-refractivity contribution is 0.0932. The van der Waals surface area contributed by atoms with E-state index >= 15 is 0 Å². The van der Waals surface area contributed by atoms with Crippen molar-refractivity contribution in [1.29, 1.82) is 5.26 Å². The van der Waals surface area contributed by atoms with Gasteiger partial charge in [-0.25, -0.2) is 0 Å². The van der Waals surface area contributed by atoms with Gasteiger partial charge in [0.1, 0.15) is 0 Å². The second-order valence-electron chi connectivity index (χ2n) is 4.43. The van der Waals surface area contributed by atoms with Gasteiger partial charge in [-0.15, -0.1) is 0 Å². The molecular formula is C14H16N4O. The van der Waals surface area contributed by atoms with Crippen LogP contribution < -0.4 is 5.32 Å².